The Labute approximate surface area is 127 Å². The highest BCUT2D eigenvalue weighted by molar-refractivity contribution is 5.69. The number of carbonyl (C=O) groups is 1. The van der Waals surface area contributed by atoms with Gasteiger partial charge >= 0.3 is 6.09 Å². The second kappa shape index (κ2) is 6.33. The van der Waals surface area contributed by atoms with E-state index in [1.54, 1.807) is 4.90 Å². The molecule has 1 fully saturated rings. The number of benzene rings is 1. The summed E-state index contributed by atoms with van der Waals surface area (Å²) >= 11 is 0. The molecule has 1 aromatic carbocycles. The number of hydrogen-bond acceptors (Lipinski definition) is 2. The molecule has 0 N–H and O–H groups in total. The summed E-state index contributed by atoms with van der Waals surface area (Å²) in [4.78, 5) is 13.8. The predicted octanol–water partition coefficient (Wildman–Crippen LogP) is 4.35. The molecule has 0 unspecified atom stereocenters. The Morgan fingerprint density at radius 1 is 1.19 bits per heavy atom. The van der Waals surface area contributed by atoms with E-state index in [9.17, 15) is 4.79 Å². The van der Waals surface area contributed by atoms with Crippen LogP contribution in [0.4, 0.5) is 4.79 Å². The van der Waals surface area contributed by atoms with Gasteiger partial charge < -0.3 is 9.64 Å². The fourth-order valence-electron chi connectivity index (χ4n) is 2.62. The van der Waals surface area contributed by atoms with Gasteiger partial charge in [0.25, 0.3) is 0 Å². The fraction of sp³-hybridized carbons (Fsp3) is 0.500. The van der Waals surface area contributed by atoms with Crippen LogP contribution < -0.4 is 0 Å². The zero-order valence-corrected chi connectivity index (χ0v) is 13.3. The maximum absolute atomic E-state index is 12.0. The summed E-state index contributed by atoms with van der Waals surface area (Å²) in [7, 11) is 0. The summed E-state index contributed by atoms with van der Waals surface area (Å²) in [6.07, 6.45) is 1.70. The maximum atomic E-state index is 12.0. The van der Waals surface area contributed by atoms with Crippen LogP contribution in [0.2, 0.25) is 0 Å². The quantitative estimate of drug-likeness (QED) is 0.809. The second-order valence-corrected chi connectivity index (χ2v) is 6.63. The lowest BCUT2D eigenvalue weighted by atomic mass is 9.86. The first-order valence-corrected chi connectivity index (χ1v) is 7.59. The highest BCUT2D eigenvalue weighted by atomic mass is 16.6. The number of piperidine rings is 1. The maximum Gasteiger partial charge on any atom is 0.410 e. The minimum atomic E-state index is -0.429. The summed E-state index contributed by atoms with van der Waals surface area (Å²) in [5.41, 5.74) is 1.95. The molecule has 0 saturated carbocycles. The van der Waals surface area contributed by atoms with E-state index in [1.807, 2.05) is 39.0 Å². The van der Waals surface area contributed by atoms with Crippen LogP contribution >= 0.6 is 0 Å². The second-order valence-electron chi connectivity index (χ2n) is 6.63. The van der Waals surface area contributed by atoms with Crippen molar-refractivity contribution in [1.82, 2.24) is 4.90 Å². The molecule has 0 aliphatic carbocycles. The van der Waals surface area contributed by atoms with Crippen LogP contribution in [0, 0.1) is 5.92 Å². The number of hydrogen-bond donors (Lipinski definition) is 0. The van der Waals surface area contributed by atoms with Gasteiger partial charge in [0.05, 0.1) is 0 Å². The average Bonchev–Trinajstić information content (AvgIpc) is 2.46. The first kappa shape index (κ1) is 15.6. The molecule has 3 heteroatoms. The molecular formula is C18H25NO2. The lowest BCUT2D eigenvalue weighted by Gasteiger charge is -2.34. The number of carbonyl (C=O) groups excluding carboxylic acids is 1. The van der Waals surface area contributed by atoms with Gasteiger partial charge in [0.15, 0.2) is 0 Å². The topological polar surface area (TPSA) is 29.5 Å². The van der Waals surface area contributed by atoms with E-state index in [-0.39, 0.29) is 6.09 Å². The number of rotatable bonds is 2. The third kappa shape index (κ3) is 4.35. The highest BCUT2D eigenvalue weighted by Crippen LogP contribution is 2.30. The Kier molecular flexibility index (Phi) is 4.71. The van der Waals surface area contributed by atoms with E-state index in [4.69, 9.17) is 4.74 Å². The van der Waals surface area contributed by atoms with Gasteiger partial charge in [0, 0.05) is 13.1 Å². The van der Waals surface area contributed by atoms with Crippen molar-refractivity contribution in [2.24, 2.45) is 5.92 Å². The Morgan fingerprint density at radius 2 is 1.76 bits per heavy atom. The predicted molar refractivity (Wildman–Crippen MR) is 86.0 cm³/mol. The summed E-state index contributed by atoms with van der Waals surface area (Å²) in [6, 6.07) is 10.3. The van der Waals surface area contributed by atoms with E-state index >= 15 is 0 Å². The largest absolute Gasteiger partial charge is 0.444 e. The van der Waals surface area contributed by atoms with Crippen molar-refractivity contribution in [3.63, 3.8) is 0 Å². The van der Waals surface area contributed by atoms with Gasteiger partial charge in [-0.05, 0) is 50.7 Å². The lowest BCUT2D eigenvalue weighted by Crippen LogP contribution is -2.41. The minimum Gasteiger partial charge on any atom is -0.444 e. The zero-order chi connectivity index (χ0) is 15.5. The third-order valence-electron chi connectivity index (χ3n) is 3.78. The Morgan fingerprint density at radius 3 is 2.29 bits per heavy atom. The molecule has 0 bridgehead atoms. The van der Waals surface area contributed by atoms with Crippen molar-refractivity contribution in [3.05, 3.63) is 42.5 Å². The van der Waals surface area contributed by atoms with Gasteiger partial charge in [0.2, 0.25) is 0 Å². The van der Waals surface area contributed by atoms with Crippen molar-refractivity contribution in [3.8, 4) is 0 Å². The van der Waals surface area contributed by atoms with E-state index in [2.05, 4.69) is 18.7 Å². The number of likely N-dealkylation sites (tertiary alicyclic amines) is 1. The minimum absolute atomic E-state index is 0.203. The van der Waals surface area contributed by atoms with Gasteiger partial charge in [-0.15, -0.1) is 0 Å². The fourth-order valence-corrected chi connectivity index (χ4v) is 2.62. The van der Waals surface area contributed by atoms with Crippen LogP contribution in [-0.4, -0.2) is 29.7 Å². The molecule has 0 radical (unpaired) electrons. The Balaban J connectivity index is 1.89. The molecule has 0 spiro atoms. The molecule has 1 aromatic rings. The average molecular weight is 287 g/mol. The van der Waals surface area contributed by atoms with Crippen LogP contribution in [0.1, 0.15) is 39.2 Å². The van der Waals surface area contributed by atoms with Gasteiger partial charge in [-0.25, -0.2) is 4.79 Å². The molecule has 2 rings (SSSR count). The normalized spacial score (nSPS) is 16.6. The number of nitrogens with zero attached hydrogens (tertiary/aromatic N) is 1. The molecule has 1 aliphatic rings. The van der Waals surface area contributed by atoms with Crippen molar-refractivity contribution in [2.75, 3.05) is 13.1 Å². The van der Waals surface area contributed by atoms with Crippen LogP contribution in [0.5, 0.6) is 0 Å². The molecule has 114 valence electrons. The van der Waals surface area contributed by atoms with Gasteiger partial charge in [-0.3, -0.25) is 0 Å². The molecule has 0 aromatic heterocycles. The highest BCUT2D eigenvalue weighted by Gasteiger charge is 2.27. The third-order valence-corrected chi connectivity index (χ3v) is 3.78. The first-order chi connectivity index (χ1) is 9.87. The van der Waals surface area contributed by atoms with Crippen LogP contribution in [0.15, 0.2) is 36.9 Å². The zero-order valence-electron chi connectivity index (χ0n) is 13.3. The van der Waals surface area contributed by atoms with Gasteiger partial charge in [-0.2, -0.15) is 0 Å². The SMILES string of the molecule is C=C(c1ccccc1)C1CCN(C(=O)OC(C)(C)C)CC1. The summed E-state index contributed by atoms with van der Waals surface area (Å²) in [5, 5.41) is 0. The molecule has 1 heterocycles. The molecule has 1 aliphatic heterocycles. The number of allylic oxidation sites excluding steroid dienone is 1. The first-order valence-electron chi connectivity index (χ1n) is 7.59. The lowest BCUT2D eigenvalue weighted by molar-refractivity contribution is 0.0200. The molecule has 1 saturated heterocycles. The monoisotopic (exact) mass is 287 g/mol. The summed E-state index contributed by atoms with van der Waals surface area (Å²) in [6.45, 7) is 11.4. The molecular weight excluding hydrogens is 262 g/mol. The number of ether oxygens (including phenoxy) is 1. The van der Waals surface area contributed by atoms with E-state index in [0.29, 0.717) is 5.92 Å². The molecule has 1 amide bonds. The van der Waals surface area contributed by atoms with Gasteiger partial charge in [-0.1, -0.05) is 36.9 Å². The summed E-state index contributed by atoms with van der Waals surface area (Å²) in [5.74, 6) is 0.450. The van der Waals surface area contributed by atoms with Crippen LogP contribution in [0.25, 0.3) is 5.57 Å². The van der Waals surface area contributed by atoms with Crippen molar-refractivity contribution >= 4 is 11.7 Å². The van der Waals surface area contributed by atoms with Crippen molar-refractivity contribution in [2.45, 2.75) is 39.2 Å². The molecule has 3 nitrogen and oxygen atoms in total. The Bertz CT molecular complexity index is 494. The Hall–Kier alpha value is -1.77. The number of amides is 1. The van der Waals surface area contributed by atoms with E-state index < -0.39 is 5.60 Å². The van der Waals surface area contributed by atoms with Gasteiger partial charge in [0.1, 0.15) is 5.60 Å². The molecule has 0 atom stereocenters. The molecule has 21 heavy (non-hydrogen) atoms. The van der Waals surface area contributed by atoms with Crippen LogP contribution in [0.3, 0.4) is 0 Å². The summed E-state index contributed by atoms with van der Waals surface area (Å²) < 4.78 is 5.42. The van der Waals surface area contributed by atoms with E-state index in [1.165, 1.54) is 11.1 Å². The smallest absolute Gasteiger partial charge is 0.410 e. The van der Waals surface area contributed by atoms with Crippen molar-refractivity contribution in [1.29, 1.82) is 0 Å². The standard InChI is InChI=1S/C18H25NO2/c1-14(15-8-6-5-7-9-15)16-10-12-19(13-11-16)17(20)21-18(2,3)4/h5-9,16H,1,10-13H2,2-4H3. The van der Waals surface area contributed by atoms with Crippen LogP contribution in [-0.2, 0) is 4.74 Å². The van der Waals surface area contributed by atoms with Crippen molar-refractivity contribution < 1.29 is 9.53 Å². The van der Waals surface area contributed by atoms with E-state index in [0.717, 1.165) is 25.9 Å².